The second-order valence-electron chi connectivity index (χ2n) is 6.33. The molecule has 1 N–H and O–H groups in total. The second kappa shape index (κ2) is 9.20. The molecular weight excluding hydrogens is 437 g/mol. The lowest BCUT2D eigenvalue weighted by Gasteiger charge is -2.15. The van der Waals surface area contributed by atoms with Gasteiger partial charge in [0.1, 0.15) is 6.54 Å². The number of amides is 1. The molecule has 0 fully saturated rings. The molecule has 1 amide bonds. The number of aromatic nitrogens is 5. The molecule has 2 heterocycles. The first-order valence-electron chi connectivity index (χ1n) is 8.77. The Bertz CT molecular complexity index is 1150. The lowest BCUT2D eigenvalue weighted by Crippen LogP contribution is -2.23. The fourth-order valence-corrected chi connectivity index (χ4v) is 3.47. The van der Waals surface area contributed by atoms with Gasteiger partial charge in [-0.25, -0.2) is 4.68 Å². The number of tetrazole rings is 1. The number of thioether (sulfide) groups is 1. The summed E-state index contributed by atoms with van der Waals surface area (Å²) in [6.45, 7) is -0.250. The van der Waals surface area contributed by atoms with Crippen molar-refractivity contribution in [1.29, 1.82) is 0 Å². The topological polar surface area (TPSA) is 104 Å². The van der Waals surface area contributed by atoms with Gasteiger partial charge in [-0.05, 0) is 28.6 Å². The van der Waals surface area contributed by atoms with Gasteiger partial charge in [-0.3, -0.25) is 9.59 Å². The van der Waals surface area contributed by atoms with Crippen LogP contribution in [0.1, 0.15) is 11.3 Å². The smallest absolute Gasteiger partial charge is 0.416 e. The molecule has 9 nitrogen and oxygen atoms in total. The van der Waals surface area contributed by atoms with Crippen molar-refractivity contribution in [1.82, 2.24) is 24.8 Å². The number of halogens is 3. The van der Waals surface area contributed by atoms with E-state index in [-0.39, 0.29) is 29.2 Å². The summed E-state index contributed by atoms with van der Waals surface area (Å²) in [7, 11) is 2.98. The molecule has 31 heavy (non-hydrogen) atoms. The minimum Gasteiger partial charge on any atom is -0.491 e. The predicted octanol–water partition coefficient (Wildman–Crippen LogP) is 2.33. The molecule has 0 bridgehead atoms. The highest BCUT2D eigenvalue weighted by Gasteiger charge is 2.30. The van der Waals surface area contributed by atoms with Crippen LogP contribution in [0.4, 0.5) is 18.9 Å². The summed E-state index contributed by atoms with van der Waals surface area (Å²) in [6.07, 6.45) is -3.15. The van der Waals surface area contributed by atoms with Crippen molar-refractivity contribution in [3.8, 4) is 5.75 Å². The van der Waals surface area contributed by atoms with Crippen molar-refractivity contribution in [2.24, 2.45) is 7.05 Å². The van der Waals surface area contributed by atoms with Crippen molar-refractivity contribution in [2.75, 3.05) is 12.4 Å². The molecule has 0 aliphatic rings. The highest BCUT2D eigenvalue weighted by Crippen LogP contribution is 2.30. The number of aryl methyl sites for hydroxylation is 1. The third-order valence-corrected chi connectivity index (χ3v) is 5.16. The maximum atomic E-state index is 12.9. The van der Waals surface area contributed by atoms with Crippen LogP contribution in [0, 0.1) is 0 Å². The molecule has 13 heteroatoms. The van der Waals surface area contributed by atoms with E-state index in [1.165, 1.54) is 52.5 Å². The van der Waals surface area contributed by atoms with Gasteiger partial charge in [0.05, 0.1) is 18.9 Å². The first kappa shape index (κ1) is 22.3. The minimum absolute atomic E-state index is 0.00826. The highest BCUT2D eigenvalue weighted by atomic mass is 32.2. The fraction of sp³-hybridized carbons (Fsp3) is 0.278. The third-order valence-electron chi connectivity index (χ3n) is 4.12. The van der Waals surface area contributed by atoms with Crippen LogP contribution in [-0.2, 0) is 30.3 Å². The molecule has 0 saturated heterocycles. The van der Waals surface area contributed by atoms with Crippen LogP contribution >= 0.6 is 11.8 Å². The Balaban J connectivity index is 1.80. The number of hydrogen-bond donors (Lipinski definition) is 1. The molecule has 3 rings (SSSR count). The largest absolute Gasteiger partial charge is 0.491 e. The maximum absolute atomic E-state index is 12.9. The van der Waals surface area contributed by atoms with Crippen molar-refractivity contribution >= 4 is 23.4 Å². The van der Waals surface area contributed by atoms with E-state index in [9.17, 15) is 22.8 Å². The van der Waals surface area contributed by atoms with Gasteiger partial charge in [0, 0.05) is 30.2 Å². The van der Waals surface area contributed by atoms with E-state index in [1.807, 2.05) is 0 Å². The van der Waals surface area contributed by atoms with Gasteiger partial charge in [0.25, 0.3) is 0 Å². The van der Waals surface area contributed by atoms with E-state index < -0.39 is 17.6 Å². The summed E-state index contributed by atoms with van der Waals surface area (Å²) in [6, 6.07) is 5.66. The number of benzene rings is 1. The zero-order valence-corrected chi connectivity index (χ0v) is 17.2. The Hall–Kier alpha value is -3.35. The Morgan fingerprint density at radius 3 is 2.71 bits per heavy atom. The van der Waals surface area contributed by atoms with Gasteiger partial charge in [-0.2, -0.15) is 13.2 Å². The lowest BCUT2D eigenvalue weighted by atomic mass is 10.2. The molecule has 3 aromatic rings. The molecule has 0 atom stereocenters. The average molecular weight is 454 g/mol. The Labute approximate surface area is 178 Å². The summed E-state index contributed by atoms with van der Waals surface area (Å²) < 4.78 is 46.6. The Kier molecular flexibility index (Phi) is 6.63. The fourth-order valence-electron chi connectivity index (χ4n) is 2.63. The van der Waals surface area contributed by atoms with E-state index in [0.29, 0.717) is 10.9 Å². The standard InChI is InChI=1S/C18H17F3N6O3S/c1-26-17(23-24-25-26)31-10-13-7-14(28)15(30-2)8-27(13)9-16(29)22-12-5-3-4-11(6-12)18(19,20)21/h3-8H,9-10H2,1-2H3,(H,22,29). The number of nitrogens with one attached hydrogen (secondary N) is 1. The van der Waals surface area contributed by atoms with Gasteiger partial charge >= 0.3 is 6.18 Å². The zero-order valence-electron chi connectivity index (χ0n) is 16.4. The molecule has 0 aliphatic carbocycles. The van der Waals surface area contributed by atoms with Crippen LogP contribution in [0.15, 0.2) is 46.5 Å². The number of hydrogen-bond acceptors (Lipinski definition) is 7. The monoisotopic (exact) mass is 454 g/mol. The maximum Gasteiger partial charge on any atom is 0.416 e. The number of rotatable bonds is 7. The second-order valence-corrected chi connectivity index (χ2v) is 7.27. The van der Waals surface area contributed by atoms with Gasteiger partial charge < -0.3 is 14.6 Å². The van der Waals surface area contributed by atoms with Gasteiger partial charge in [-0.1, -0.05) is 17.8 Å². The van der Waals surface area contributed by atoms with E-state index in [2.05, 4.69) is 20.8 Å². The average Bonchev–Trinajstić information content (AvgIpc) is 3.12. The molecule has 164 valence electrons. The minimum atomic E-state index is -4.52. The van der Waals surface area contributed by atoms with Crippen molar-refractivity contribution < 1.29 is 22.7 Å². The quantitative estimate of drug-likeness (QED) is 0.547. The van der Waals surface area contributed by atoms with Crippen LogP contribution in [0.25, 0.3) is 0 Å². The summed E-state index contributed by atoms with van der Waals surface area (Å²) in [4.78, 5) is 24.7. The number of alkyl halides is 3. The van der Waals surface area contributed by atoms with Crippen LogP contribution in [0.5, 0.6) is 5.75 Å². The summed E-state index contributed by atoms with van der Waals surface area (Å²) in [5, 5.41) is 14.0. The Morgan fingerprint density at radius 1 is 1.29 bits per heavy atom. The first-order valence-corrected chi connectivity index (χ1v) is 9.75. The normalized spacial score (nSPS) is 11.4. The molecule has 0 aliphatic heterocycles. The first-order chi connectivity index (χ1) is 14.7. The van der Waals surface area contributed by atoms with Gasteiger partial charge in [-0.15, -0.1) is 5.10 Å². The van der Waals surface area contributed by atoms with Crippen LogP contribution in [0.2, 0.25) is 0 Å². The van der Waals surface area contributed by atoms with Gasteiger partial charge in [0.2, 0.25) is 16.5 Å². The number of pyridine rings is 1. The van der Waals surface area contributed by atoms with E-state index in [0.717, 1.165) is 12.1 Å². The molecule has 0 saturated carbocycles. The van der Waals surface area contributed by atoms with Crippen molar-refractivity contribution in [2.45, 2.75) is 23.6 Å². The molecule has 0 spiro atoms. The zero-order chi connectivity index (χ0) is 22.6. The van der Waals surface area contributed by atoms with Crippen LogP contribution in [-0.4, -0.2) is 37.8 Å². The number of anilines is 1. The summed E-state index contributed by atoms with van der Waals surface area (Å²) >= 11 is 1.25. The van der Waals surface area contributed by atoms with Gasteiger partial charge in [0.15, 0.2) is 5.75 Å². The SMILES string of the molecule is COc1cn(CC(=O)Nc2cccc(C(F)(F)F)c2)c(CSc2nnnn2C)cc1=O. The number of nitrogens with zero attached hydrogens (tertiary/aromatic N) is 5. The van der Waals surface area contributed by atoms with E-state index >= 15 is 0 Å². The summed E-state index contributed by atoms with van der Waals surface area (Å²) in [5.74, 6) is -0.276. The molecule has 1 aromatic carbocycles. The summed E-state index contributed by atoms with van der Waals surface area (Å²) in [5.41, 5.74) is -0.750. The van der Waals surface area contributed by atoms with E-state index in [1.54, 1.807) is 7.05 Å². The number of carbonyl (C=O) groups is 1. The molecule has 0 radical (unpaired) electrons. The third kappa shape index (κ3) is 5.63. The number of methoxy groups -OCH3 is 1. The lowest BCUT2D eigenvalue weighted by molar-refractivity contribution is -0.137. The highest BCUT2D eigenvalue weighted by molar-refractivity contribution is 7.98. The van der Waals surface area contributed by atoms with Crippen molar-refractivity contribution in [3.63, 3.8) is 0 Å². The van der Waals surface area contributed by atoms with Crippen molar-refractivity contribution in [3.05, 3.63) is 58.0 Å². The Morgan fingerprint density at radius 2 is 2.06 bits per heavy atom. The van der Waals surface area contributed by atoms with E-state index in [4.69, 9.17) is 4.74 Å². The number of carbonyl (C=O) groups excluding carboxylic acids is 1. The molecule has 0 unspecified atom stereocenters. The molecular formula is C18H17F3N6O3S. The molecule has 2 aromatic heterocycles. The number of ether oxygens (including phenoxy) is 1. The van der Waals surface area contributed by atoms with Crippen LogP contribution < -0.4 is 15.5 Å². The predicted molar refractivity (Wildman–Crippen MR) is 106 cm³/mol. The van der Waals surface area contributed by atoms with Crippen LogP contribution in [0.3, 0.4) is 0 Å².